The Morgan fingerprint density at radius 3 is 2.70 bits per heavy atom. The van der Waals surface area contributed by atoms with E-state index in [2.05, 4.69) is 28.9 Å². The number of hydrogen-bond donors (Lipinski definition) is 2. The van der Waals surface area contributed by atoms with Crippen LogP contribution in [0.1, 0.15) is 5.69 Å². The molecule has 0 aliphatic heterocycles. The number of halogens is 1. The molecule has 0 aliphatic rings. The van der Waals surface area contributed by atoms with Crippen LogP contribution in [0, 0.1) is 12.7 Å². The molecule has 0 saturated heterocycles. The Morgan fingerprint density at radius 2 is 2.04 bits per heavy atom. The zero-order valence-electron chi connectivity index (χ0n) is 12.7. The maximum atomic E-state index is 13.0. The Kier molecular flexibility index (Phi) is 5.09. The van der Waals surface area contributed by atoms with Crippen LogP contribution in [0.25, 0.3) is 5.69 Å². The molecule has 2 rings (SSSR count). The van der Waals surface area contributed by atoms with Crippen LogP contribution in [0.3, 0.4) is 0 Å². The Labute approximate surface area is 133 Å². The number of amides is 2. The largest absolute Gasteiger partial charge is 0.324 e. The number of carbonyl (C=O) groups is 1. The van der Waals surface area contributed by atoms with Crippen LogP contribution in [-0.2, 0) is 0 Å². The van der Waals surface area contributed by atoms with Crippen LogP contribution in [0.5, 0.6) is 0 Å². The highest BCUT2D eigenvalue weighted by atomic mass is 19.1. The molecule has 23 heavy (non-hydrogen) atoms. The lowest BCUT2D eigenvalue weighted by Gasteiger charge is -2.10. The lowest BCUT2D eigenvalue weighted by molar-refractivity contribution is 0.254. The topological polar surface area (TPSA) is 59.0 Å². The molecule has 2 N–H and O–H groups in total. The molecule has 0 radical (unpaired) electrons. The Balaban J connectivity index is 2.16. The van der Waals surface area contributed by atoms with Gasteiger partial charge in [0.05, 0.1) is 11.4 Å². The van der Waals surface area contributed by atoms with Gasteiger partial charge in [0.2, 0.25) is 0 Å². The summed E-state index contributed by atoms with van der Waals surface area (Å²) in [7, 11) is 0. The lowest BCUT2D eigenvalue weighted by atomic mass is 10.3. The van der Waals surface area contributed by atoms with Crippen molar-refractivity contribution in [3.05, 3.63) is 78.9 Å². The second-order valence-electron chi connectivity index (χ2n) is 4.76. The maximum absolute atomic E-state index is 13.0. The van der Waals surface area contributed by atoms with Crippen LogP contribution < -0.4 is 10.6 Å². The number of rotatable bonds is 5. The molecule has 2 amide bonds. The van der Waals surface area contributed by atoms with Gasteiger partial charge in [-0.25, -0.2) is 13.9 Å². The number of anilines is 1. The third-order valence-corrected chi connectivity index (χ3v) is 2.85. The van der Waals surface area contributed by atoms with E-state index in [0.717, 1.165) is 5.69 Å². The van der Waals surface area contributed by atoms with Gasteiger partial charge in [0, 0.05) is 11.8 Å². The number of hydrogen-bond acceptors (Lipinski definition) is 2. The van der Waals surface area contributed by atoms with Crippen LogP contribution in [0.2, 0.25) is 0 Å². The van der Waals surface area contributed by atoms with Gasteiger partial charge in [0.25, 0.3) is 0 Å². The van der Waals surface area contributed by atoms with Crippen molar-refractivity contribution in [1.82, 2.24) is 15.1 Å². The van der Waals surface area contributed by atoms with E-state index in [1.54, 1.807) is 43.4 Å². The van der Waals surface area contributed by atoms with Crippen molar-refractivity contribution in [3.8, 4) is 5.69 Å². The first-order chi connectivity index (χ1) is 11.0. The summed E-state index contributed by atoms with van der Waals surface area (Å²) in [5.74, 6) is 0.127. The lowest BCUT2D eigenvalue weighted by Crippen LogP contribution is -2.28. The van der Waals surface area contributed by atoms with Crippen LogP contribution >= 0.6 is 0 Å². The molecule has 0 saturated carbocycles. The average Bonchev–Trinajstić information content (AvgIpc) is 2.86. The van der Waals surface area contributed by atoms with Gasteiger partial charge in [0.15, 0.2) is 0 Å². The number of urea groups is 1. The summed E-state index contributed by atoms with van der Waals surface area (Å²) in [5, 5.41) is 9.56. The summed E-state index contributed by atoms with van der Waals surface area (Å²) in [5.41, 5.74) is 1.78. The van der Waals surface area contributed by atoms with Gasteiger partial charge in [-0.1, -0.05) is 25.3 Å². The molecule has 0 atom stereocenters. The zero-order chi connectivity index (χ0) is 16.8. The van der Waals surface area contributed by atoms with Crippen LogP contribution in [0.4, 0.5) is 15.0 Å². The molecule has 2 aromatic rings. The first-order valence-corrected chi connectivity index (χ1v) is 6.88. The second kappa shape index (κ2) is 7.22. The minimum absolute atomic E-state index is 0.338. The first-order valence-electron chi connectivity index (χ1n) is 6.88. The summed E-state index contributed by atoms with van der Waals surface area (Å²) in [6.45, 7) is 9.04. The molecule has 118 valence electrons. The van der Waals surface area contributed by atoms with E-state index in [1.165, 1.54) is 16.8 Å². The molecule has 0 unspecified atom stereocenters. The highest BCUT2D eigenvalue weighted by molar-refractivity contribution is 5.90. The summed E-state index contributed by atoms with van der Waals surface area (Å²) < 4.78 is 14.6. The fourth-order valence-corrected chi connectivity index (χ4v) is 1.89. The Bertz CT molecular complexity index is 759. The SMILES string of the molecule is C=C/C=C\C(=C)NC(=O)Nc1cc(C)nn1-c1ccc(F)cc1. The quantitative estimate of drug-likeness (QED) is 0.827. The normalized spacial score (nSPS) is 10.5. The average molecular weight is 312 g/mol. The standard InChI is InChI=1S/C17H17FN4O/c1-4-5-6-12(2)19-17(23)20-16-11-13(3)21-22(16)15-9-7-14(18)8-10-15/h4-11H,1-2H2,3H3,(H2,19,20,23)/b6-5-. The van der Waals surface area contributed by atoms with Gasteiger partial charge in [-0.05, 0) is 37.3 Å². The highest BCUT2D eigenvalue weighted by Crippen LogP contribution is 2.17. The molecule has 1 aromatic carbocycles. The van der Waals surface area contributed by atoms with Gasteiger partial charge in [-0.3, -0.25) is 5.32 Å². The van der Waals surface area contributed by atoms with E-state index < -0.39 is 6.03 Å². The van der Waals surface area contributed by atoms with Gasteiger partial charge in [0.1, 0.15) is 11.6 Å². The molecule has 5 nitrogen and oxygen atoms in total. The van der Waals surface area contributed by atoms with Crippen molar-refractivity contribution in [2.45, 2.75) is 6.92 Å². The molecule has 0 bridgehead atoms. The number of aryl methyl sites for hydroxylation is 1. The Hall–Kier alpha value is -3.15. The van der Waals surface area contributed by atoms with E-state index in [0.29, 0.717) is 17.2 Å². The minimum Gasteiger partial charge on any atom is -0.308 e. The third-order valence-electron chi connectivity index (χ3n) is 2.85. The van der Waals surface area contributed by atoms with Crippen molar-refractivity contribution in [2.24, 2.45) is 0 Å². The van der Waals surface area contributed by atoms with Crippen molar-refractivity contribution in [1.29, 1.82) is 0 Å². The molecule has 0 aliphatic carbocycles. The van der Waals surface area contributed by atoms with E-state index in [9.17, 15) is 9.18 Å². The van der Waals surface area contributed by atoms with Gasteiger partial charge in [-0.15, -0.1) is 0 Å². The predicted octanol–water partition coefficient (Wildman–Crippen LogP) is 3.70. The monoisotopic (exact) mass is 312 g/mol. The second-order valence-corrected chi connectivity index (χ2v) is 4.76. The molecular formula is C17H17FN4O. The smallest absolute Gasteiger partial charge is 0.308 e. The number of benzene rings is 1. The summed E-state index contributed by atoms with van der Waals surface area (Å²) in [6, 6.07) is 7.08. The zero-order valence-corrected chi connectivity index (χ0v) is 12.7. The number of nitrogens with one attached hydrogen (secondary N) is 2. The predicted molar refractivity (Wildman–Crippen MR) is 88.9 cm³/mol. The maximum Gasteiger partial charge on any atom is 0.324 e. The number of nitrogens with zero attached hydrogens (tertiary/aromatic N) is 2. The highest BCUT2D eigenvalue weighted by Gasteiger charge is 2.11. The van der Waals surface area contributed by atoms with Gasteiger partial charge < -0.3 is 5.32 Å². The summed E-state index contributed by atoms with van der Waals surface area (Å²) in [6.07, 6.45) is 4.86. The van der Waals surface area contributed by atoms with E-state index in [4.69, 9.17) is 0 Å². The van der Waals surface area contributed by atoms with Gasteiger partial charge >= 0.3 is 6.03 Å². The van der Waals surface area contributed by atoms with Crippen LogP contribution in [0.15, 0.2) is 67.4 Å². The van der Waals surface area contributed by atoms with Crippen molar-refractivity contribution in [2.75, 3.05) is 5.32 Å². The summed E-state index contributed by atoms with van der Waals surface area (Å²) >= 11 is 0. The molecule has 1 heterocycles. The van der Waals surface area contributed by atoms with Crippen molar-refractivity contribution in [3.63, 3.8) is 0 Å². The third kappa shape index (κ3) is 4.41. The molecular weight excluding hydrogens is 295 g/mol. The minimum atomic E-state index is -0.452. The van der Waals surface area contributed by atoms with Crippen LogP contribution in [-0.4, -0.2) is 15.8 Å². The number of allylic oxidation sites excluding steroid dienone is 3. The van der Waals surface area contributed by atoms with Crippen molar-refractivity contribution >= 4 is 11.8 Å². The molecule has 1 aromatic heterocycles. The van der Waals surface area contributed by atoms with E-state index in [-0.39, 0.29) is 5.82 Å². The fourth-order valence-electron chi connectivity index (χ4n) is 1.89. The molecule has 0 spiro atoms. The fraction of sp³-hybridized carbons (Fsp3) is 0.0588. The Morgan fingerprint density at radius 1 is 1.35 bits per heavy atom. The van der Waals surface area contributed by atoms with E-state index >= 15 is 0 Å². The number of aromatic nitrogens is 2. The number of carbonyl (C=O) groups excluding carboxylic acids is 1. The summed E-state index contributed by atoms with van der Waals surface area (Å²) in [4.78, 5) is 12.0. The van der Waals surface area contributed by atoms with E-state index in [1.807, 2.05) is 0 Å². The molecule has 6 heteroatoms. The van der Waals surface area contributed by atoms with Gasteiger partial charge in [-0.2, -0.15) is 5.10 Å². The van der Waals surface area contributed by atoms with Crippen molar-refractivity contribution < 1.29 is 9.18 Å². The molecule has 0 fully saturated rings. The first kappa shape index (κ1) is 16.2.